The van der Waals surface area contributed by atoms with Gasteiger partial charge in [-0.3, -0.25) is 24.3 Å². The first-order valence-corrected chi connectivity index (χ1v) is 16.1. The predicted molar refractivity (Wildman–Crippen MR) is 148 cm³/mol. The van der Waals surface area contributed by atoms with Crippen LogP contribution in [-0.2, 0) is 35.8 Å². The molecule has 4 rings (SSSR count). The second-order valence-corrected chi connectivity index (χ2v) is 12.5. The van der Waals surface area contributed by atoms with E-state index in [1.165, 1.54) is 17.0 Å². The first-order chi connectivity index (χ1) is 20.0. The summed E-state index contributed by atoms with van der Waals surface area (Å²) < 4.78 is 61.2. The Kier molecular flexibility index (Phi) is 12.1. The fraction of sp³-hybridized carbons (Fsp3) is 0.440. The highest BCUT2D eigenvalue weighted by Gasteiger charge is 2.32. The van der Waals surface area contributed by atoms with E-state index in [2.05, 4.69) is 9.21 Å². The van der Waals surface area contributed by atoms with Crippen molar-refractivity contribution in [2.75, 3.05) is 57.3 Å². The molecule has 0 aliphatic carbocycles. The molecule has 4 N–H and O–H groups in total. The van der Waals surface area contributed by atoms with E-state index in [4.69, 9.17) is 19.6 Å². The molecule has 0 bridgehead atoms. The SMILES string of the molecule is O=C1CN(CCCN2CCN(c3cccc(C(F)(F)F)c3)CC2)CC(=O)N1Cc1ccccc1.O=P(O)(O)OP(=O)(O)O. The second kappa shape index (κ2) is 14.9. The van der Waals surface area contributed by atoms with Crippen LogP contribution in [0.15, 0.2) is 54.6 Å². The monoisotopic (exact) mass is 652 g/mol. The number of imide groups is 1. The van der Waals surface area contributed by atoms with Gasteiger partial charge in [-0.1, -0.05) is 36.4 Å². The number of anilines is 1. The lowest BCUT2D eigenvalue weighted by Crippen LogP contribution is -2.54. The molecular formula is C25H33F3N4O9P2. The zero-order valence-electron chi connectivity index (χ0n) is 22.9. The minimum atomic E-state index is -5.05. The summed E-state index contributed by atoms with van der Waals surface area (Å²) in [6.07, 6.45) is -3.52. The average Bonchev–Trinajstić information content (AvgIpc) is 2.90. The van der Waals surface area contributed by atoms with Gasteiger partial charge < -0.3 is 24.5 Å². The number of carbonyl (C=O) groups excluding carboxylic acids is 2. The summed E-state index contributed by atoms with van der Waals surface area (Å²) in [5.41, 5.74) is 0.905. The topological polar surface area (TPSA) is 171 Å². The molecule has 0 aromatic heterocycles. The Bertz CT molecular complexity index is 1290. The lowest BCUT2D eigenvalue weighted by molar-refractivity contribution is -0.152. The van der Waals surface area contributed by atoms with Crippen LogP contribution in [0, 0.1) is 0 Å². The number of nitrogens with zero attached hydrogens (tertiary/aromatic N) is 4. The fourth-order valence-electron chi connectivity index (χ4n) is 4.61. The summed E-state index contributed by atoms with van der Waals surface area (Å²) in [6.45, 7) is 5.12. The highest BCUT2D eigenvalue weighted by atomic mass is 31.3. The van der Waals surface area contributed by atoms with Crippen molar-refractivity contribution in [3.8, 4) is 0 Å². The van der Waals surface area contributed by atoms with E-state index in [9.17, 15) is 31.9 Å². The van der Waals surface area contributed by atoms with Gasteiger partial charge in [0.25, 0.3) is 0 Å². The van der Waals surface area contributed by atoms with Gasteiger partial charge in [-0.2, -0.15) is 17.5 Å². The van der Waals surface area contributed by atoms with Crippen molar-refractivity contribution >= 4 is 33.1 Å². The number of piperazine rings is 2. The van der Waals surface area contributed by atoms with E-state index in [1.54, 1.807) is 6.07 Å². The molecule has 2 aromatic carbocycles. The van der Waals surface area contributed by atoms with Gasteiger partial charge in [-0.05, 0) is 36.7 Å². The smallest absolute Gasteiger partial charge is 0.369 e. The zero-order valence-corrected chi connectivity index (χ0v) is 24.7. The third kappa shape index (κ3) is 12.1. The van der Waals surface area contributed by atoms with Crippen molar-refractivity contribution in [2.24, 2.45) is 0 Å². The molecule has 238 valence electrons. The average molecular weight is 653 g/mol. The molecule has 0 spiro atoms. The number of hydrogen-bond donors (Lipinski definition) is 4. The van der Waals surface area contributed by atoms with Crippen LogP contribution < -0.4 is 4.90 Å². The van der Waals surface area contributed by atoms with Crippen LogP contribution in [0.4, 0.5) is 18.9 Å². The molecule has 43 heavy (non-hydrogen) atoms. The number of rotatable bonds is 9. The summed E-state index contributed by atoms with van der Waals surface area (Å²) in [6, 6.07) is 15.0. The summed E-state index contributed by atoms with van der Waals surface area (Å²) in [5.74, 6) is -0.343. The van der Waals surface area contributed by atoms with Crippen molar-refractivity contribution in [1.29, 1.82) is 0 Å². The number of benzene rings is 2. The Morgan fingerprint density at radius 2 is 1.33 bits per heavy atom. The molecule has 0 atom stereocenters. The molecule has 2 aliphatic heterocycles. The van der Waals surface area contributed by atoms with Crippen LogP contribution in [0.1, 0.15) is 17.5 Å². The van der Waals surface area contributed by atoms with Crippen LogP contribution in [0.3, 0.4) is 0 Å². The molecule has 13 nitrogen and oxygen atoms in total. The van der Waals surface area contributed by atoms with E-state index in [1.807, 2.05) is 40.1 Å². The van der Waals surface area contributed by atoms with Gasteiger partial charge in [-0.25, -0.2) is 9.13 Å². The second-order valence-electron chi connectivity index (χ2n) is 9.86. The van der Waals surface area contributed by atoms with Crippen molar-refractivity contribution < 1.29 is 55.8 Å². The number of phosphoric acid groups is 2. The Morgan fingerprint density at radius 3 is 1.84 bits per heavy atom. The molecule has 2 heterocycles. The summed E-state index contributed by atoms with van der Waals surface area (Å²) in [5, 5.41) is 0. The lowest BCUT2D eigenvalue weighted by atomic mass is 10.1. The number of halogens is 3. The van der Waals surface area contributed by atoms with Crippen molar-refractivity contribution in [1.82, 2.24) is 14.7 Å². The maximum absolute atomic E-state index is 13.0. The van der Waals surface area contributed by atoms with Crippen LogP contribution >= 0.6 is 15.6 Å². The minimum Gasteiger partial charge on any atom is -0.369 e. The van der Waals surface area contributed by atoms with E-state index in [0.717, 1.165) is 37.7 Å². The molecule has 2 amide bonds. The first-order valence-electron chi connectivity index (χ1n) is 13.1. The molecule has 0 unspecified atom stereocenters. The third-order valence-corrected chi connectivity index (χ3v) is 8.28. The van der Waals surface area contributed by atoms with Crippen molar-refractivity contribution in [3.05, 3.63) is 65.7 Å². The van der Waals surface area contributed by atoms with Gasteiger partial charge >= 0.3 is 21.8 Å². The Balaban J connectivity index is 0.000000489. The predicted octanol–water partition coefficient (Wildman–Crippen LogP) is 2.28. The molecular weight excluding hydrogens is 619 g/mol. The molecule has 2 aliphatic rings. The summed E-state index contributed by atoms with van der Waals surface area (Å²) >= 11 is 0. The molecule has 2 saturated heterocycles. The fourth-order valence-corrected chi connectivity index (χ4v) is 5.72. The third-order valence-electron chi connectivity index (χ3n) is 6.58. The Morgan fingerprint density at radius 1 is 0.767 bits per heavy atom. The normalized spacial score (nSPS) is 17.6. The van der Waals surface area contributed by atoms with Gasteiger partial charge in [0.1, 0.15) is 0 Å². The zero-order chi connectivity index (χ0) is 31.8. The largest absolute Gasteiger partial charge is 0.478 e. The number of hydrogen-bond acceptors (Lipinski definition) is 8. The summed E-state index contributed by atoms with van der Waals surface area (Å²) in [7, 11) is -10.1. The highest BCUT2D eigenvalue weighted by molar-refractivity contribution is 7.60. The van der Waals surface area contributed by atoms with Crippen LogP contribution in [0.5, 0.6) is 0 Å². The van der Waals surface area contributed by atoms with Gasteiger partial charge in [-0.15, -0.1) is 0 Å². The van der Waals surface area contributed by atoms with Gasteiger partial charge in [0.2, 0.25) is 11.8 Å². The molecule has 18 heteroatoms. The Hall–Kier alpha value is -2.65. The van der Waals surface area contributed by atoms with Crippen molar-refractivity contribution in [2.45, 2.75) is 19.1 Å². The van der Waals surface area contributed by atoms with Crippen LogP contribution in [-0.4, -0.2) is 98.4 Å². The Labute approximate surface area is 245 Å². The molecule has 0 radical (unpaired) electrons. The van der Waals surface area contributed by atoms with Crippen LogP contribution in [0.2, 0.25) is 0 Å². The number of carbonyl (C=O) groups is 2. The van der Waals surface area contributed by atoms with E-state index in [-0.39, 0.29) is 24.9 Å². The summed E-state index contributed by atoms with van der Waals surface area (Å²) in [4.78, 5) is 63.5. The van der Waals surface area contributed by atoms with E-state index < -0.39 is 27.4 Å². The minimum absolute atomic E-state index is 0.171. The van der Waals surface area contributed by atoms with E-state index >= 15 is 0 Å². The van der Waals surface area contributed by atoms with Gasteiger partial charge in [0, 0.05) is 38.4 Å². The van der Waals surface area contributed by atoms with Crippen LogP contribution in [0.25, 0.3) is 0 Å². The maximum Gasteiger partial charge on any atom is 0.478 e. The molecule has 2 fully saturated rings. The molecule has 0 saturated carbocycles. The number of alkyl halides is 3. The standard InChI is InChI=1S/C25H29F3N4O2.H4O7P2/c26-25(27,28)21-8-4-9-22(16-21)31-14-12-29(13-15-31)10-5-11-30-18-23(33)32(24(34)19-30)17-20-6-2-1-3-7-20;1-8(2,3)7-9(4,5)6/h1-4,6-9,16H,5,10-15,17-19H2;(H2,1,2,3)(H2,4,5,6). The van der Waals surface area contributed by atoms with Crippen molar-refractivity contribution in [3.63, 3.8) is 0 Å². The van der Waals surface area contributed by atoms with Gasteiger partial charge in [0.05, 0.1) is 25.2 Å². The first kappa shape index (κ1) is 34.8. The van der Waals surface area contributed by atoms with E-state index in [0.29, 0.717) is 31.9 Å². The van der Waals surface area contributed by atoms with Gasteiger partial charge in [0.15, 0.2) is 0 Å². The molecule has 2 aromatic rings. The highest BCUT2D eigenvalue weighted by Crippen LogP contribution is 2.53. The lowest BCUT2D eigenvalue weighted by Gasteiger charge is -2.37. The quantitative estimate of drug-likeness (QED) is 0.231. The number of amides is 2. The maximum atomic E-state index is 13.0.